The molecule has 2 rings (SSSR count). The van der Waals surface area contributed by atoms with E-state index in [1.165, 1.54) is 8.99 Å². The molecule has 8 heteroatoms. The molecule has 0 amide bonds. The van der Waals surface area contributed by atoms with E-state index < -0.39 is 10.0 Å². The number of aliphatic hydroxyl groups is 1. The zero-order valence-corrected chi connectivity index (χ0v) is 11.3. The first kappa shape index (κ1) is 13.3. The number of anilines is 1. The van der Waals surface area contributed by atoms with Gasteiger partial charge < -0.3 is 10.8 Å². The van der Waals surface area contributed by atoms with Crippen LogP contribution in [-0.4, -0.2) is 46.8 Å². The molecule has 1 aliphatic rings. The average Bonchev–Trinajstić information content (AvgIpc) is 2.85. The first-order valence-electron chi connectivity index (χ1n) is 5.81. The van der Waals surface area contributed by atoms with Gasteiger partial charge in [0.1, 0.15) is 4.90 Å². The van der Waals surface area contributed by atoms with E-state index in [1.807, 2.05) is 0 Å². The summed E-state index contributed by atoms with van der Waals surface area (Å²) in [5.41, 5.74) is 6.19. The fraction of sp³-hybridized carbons (Fsp3) is 0.700. The van der Waals surface area contributed by atoms with Crippen LogP contribution in [0, 0.1) is 6.92 Å². The minimum absolute atomic E-state index is 0.0126. The third kappa shape index (κ3) is 1.90. The maximum absolute atomic E-state index is 12.5. The van der Waals surface area contributed by atoms with E-state index in [-0.39, 0.29) is 23.4 Å². The Bertz CT molecular complexity index is 552. The number of aromatic nitrogens is 2. The molecule has 1 aromatic rings. The van der Waals surface area contributed by atoms with Crippen LogP contribution in [0.5, 0.6) is 0 Å². The van der Waals surface area contributed by atoms with E-state index in [4.69, 9.17) is 5.73 Å². The predicted molar refractivity (Wildman–Crippen MR) is 66.4 cm³/mol. The monoisotopic (exact) mass is 274 g/mol. The SMILES string of the molecule is Cc1c(S(=O)(=O)N2CCC[C@H]2CO)c(N)nn1C. The zero-order valence-electron chi connectivity index (χ0n) is 10.5. The second kappa shape index (κ2) is 4.52. The van der Waals surface area contributed by atoms with Crippen LogP contribution in [0.1, 0.15) is 18.5 Å². The van der Waals surface area contributed by atoms with Gasteiger partial charge in [-0.15, -0.1) is 0 Å². The van der Waals surface area contributed by atoms with Gasteiger partial charge >= 0.3 is 0 Å². The van der Waals surface area contributed by atoms with E-state index >= 15 is 0 Å². The second-order valence-electron chi connectivity index (χ2n) is 4.52. The summed E-state index contributed by atoms with van der Waals surface area (Å²) < 4.78 is 27.9. The van der Waals surface area contributed by atoms with E-state index in [0.717, 1.165) is 6.42 Å². The van der Waals surface area contributed by atoms with Crippen molar-refractivity contribution in [2.75, 3.05) is 18.9 Å². The number of nitrogens with two attached hydrogens (primary N) is 1. The summed E-state index contributed by atoms with van der Waals surface area (Å²) in [6.45, 7) is 1.92. The van der Waals surface area contributed by atoms with Gasteiger partial charge in [-0.1, -0.05) is 0 Å². The highest BCUT2D eigenvalue weighted by Gasteiger charge is 2.38. The average molecular weight is 274 g/mol. The van der Waals surface area contributed by atoms with E-state index in [1.54, 1.807) is 14.0 Å². The predicted octanol–water partition coefficient (Wildman–Crippen LogP) is -0.544. The van der Waals surface area contributed by atoms with Gasteiger partial charge in [0.2, 0.25) is 10.0 Å². The highest BCUT2D eigenvalue weighted by Crippen LogP contribution is 2.30. The maximum Gasteiger partial charge on any atom is 0.248 e. The molecular weight excluding hydrogens is 256 g/mol. The topological polar surface area (TPSA) is 101 Å². The third-order valence-electron chi connectivity index (χ3n) is 3.40. The lowest BCUT2D eigenvalue weighted by Gasteiger charge is -2.22. The van der Waals surface area contributed by atoms with Crippen molar-refractivity contribution in [1.82, 2.24) is 14.1 Å². The summed E-state index contributed by atoms with van der Waals surface area (Å²) in [6.07, 6.45) is 1.43. The molecule has 1 atom stereocenters. The summed E-state index contributed by atoms with van der Waals surface area (Å²) in [4.78, 5) is 0.0605. The molecule has 1 aliphatic heterocycles. The number of rotatable bonds is 3. The highest BCUT2D eigenvalue weighted by molar-refractivity contribution is 7.89. The van der Waals surface area contributed by atoms with Crippen molar-refractivity contribution in [3.63, 3.8) is 0 Å². The lowest BCUT2D eigenvalue weighted by molar-refractivity contribution is 0.213. The van der Waals surface area contributed by atoms with Crippen LogP contribution in [0.25, 0.3) is 0 Å². The largest absolute Gasteiger partial charge is 0.395 e. The van der Waals surface area contributed by atoms with Gasteiger partial charge in [-0.05, 0) is 19.8 Å². The van der Waals surface area contributed by atoms with Crippen LogP contribution in [0.2, 0.25) is 0 Å². The lowest BCUT2D eigenvalue weighted by Crippen LogP contribution is -2.38. The van der Waals surface area contributed by atoms with Gasteiger partial charge in [-0.3, -0.25) is 4.68 Å². The van der Waals surface area contributed by atoms with Crippen LogP contribution >= 0.6 is 0 Å². The normalized spacial score (nSPS) is 21.6. The standard InChI is InChI=1S/C10H18N4O3S/c1-7-9(10(11)12-13(7)2)18(16,17)14-5-3-4-8(14)6-15/h8,15H,3-6H2,1-2H3,(H2,11,12)/t8-/m0/s1. The number of aryl methyl sites for hydroxylation is 1. The van der Waals surface area contributed by atoms with Gasteiger partial charge in [0.15, 0.2) is 5.82 Å². The van der Waals surface area contributed by atoms with Crippen molar-refractivity contribution >= 4 is 15.8 Å². The molecule has 1 fully saturated rings. The summed E-state index contributed by atoms with van der Waals surface area (Å²) in [7, 11) is -2.02. The van der Waals surface area contributed by atoms with Gasteiger partial charge in [0.25, 0.3) is 0 Å². The lowest BCUT2D eigenvalue weighted by atomic mass is 10.2. The van der Waals surface area contributed by atoms with E-state index in [0.29, 0.717) is 18.7 Å². The van der Waals surface area contributed by atoms with Gasteiger partial charge in [-0.25, -0.2) is 8.42 Å². The Hall–Kier alpha value is -1.12. The molecule has 2 heterocycles. The number of hydrogen-bond donors (Lipinski definition) is 2. The molecule has 0 aromatic carbocycles. The minimum Gasteiger partial charge on any atom is -0.395 e. The van der Waals surface area contributed by atoms with Crippen molar-refractivity contribution in [3.05, 3.63) is 5.69 Å². The second-order valence-corrected chi connectivity index (χ2v) is 6.35. The quantitative estimate of drug-likeness (QED) is 0.770. The Kier molecular flexibility index (Phi) is 3.35. The van der Waals surface area contributed by atoms with Crippen LogP contribution in [-0.2, 0) is 17.1 Å². The molecule has 0 radical (unpaired) electrons. The summed E-state index contributed by atoms with van der Waals surface area (Å²) >= 11 is 0. The Morgan fingerprint density at radius 2 is 2.22 bits per heavy atom. The van der Waals surface area contributed by atoms with Crippen LogP contribution < -0.4 is 5.73 Å². The molecule has 1 saturated heterocycles. The molecule has 18 heavy (non-hydrogen) atoms. The maximum atomic E-state index is 12.5. The Morgan fingerprint density at radius 3 is 2.72 bits per heavy atom. The molecule has 3 N–H and O–H groups in total. The Balaban J connectivity index is 2.48. The summed E-state index contributed by atoms with van der Waals surface area (Å²) in [5.74, 6) is 0.0126. The molecule has 0 spiro atoms. The van der Waals surface area contributed by atoms with Crippen molar-refractivity contribution < 1.29 is 13.5 Å². The van der Waals surface area contributed by atoms with Crippen LogP contribution in [0.3, 0.4) is 0 Å². The molecule has 102 valence electrons. The minimum atomic E-state index is -3.68. The number of hydrogen-bond acceptors (Lipinski definition) is 5. The first-order valence-corrected chi connectivity index (χ1v) is 7.25. The van der Waals surface area contributed by atoms with Crippen molar-refractivity contribution in [2.24, 2.45) is 7.05 Å². The van der Waals surface area contributed by atoms with Crippen LogP contribution in [0.15, 0.2) is 4.90 Å². The van der Waals surface area contributed by atoms with Crippen molar-refractivity contribution in [1.29, 1.82) is 0 Å². The zero-order chi connectivity index (χ0) is 13.5. The highest BCUT2D eigenvalue weighted by atomic mass is 32.2. The Morgan fingerprint density at radius 1 is 1.56 bits per heavy atom. The fourth-order valence-electron chi connectivity index (χ4n) is 2.36. The van der Waals surface area contributed by atoms with Gasteiger partial charge in [0.05, 0.1) is 12.3 Å². The Labute approximate surface area is 106 Å². The number of nitrogens with zero attached hydrogens (tertiary/aromatic N) is 3. The summed E-state index contributed by atoms with van der Waals surface area (Å²) in [6, 6.07) is -0.353. The number of sulfonamides is 1. The van der Waals surface area contributed by atoms with Gasteiger partial charge in [-0.2, -0.15) is 9.40 Å². The molecule has 0 saturated carbocycles. The third-order valence-corrected chi connectivity index (χ3v) is 5.52. The van der Waals surface area contributed by atoms with Crippen molar-refractivity contribution in [3.8, 4) is 0 Å². The van der Waals surface area contributed by atoms with Crippen molar-refractivity contribution in [2.45, 2.75) is 30.7 Å². The number of aliphatic hydroxyl groups excluding tert-OH is 1. The molecule has 7 nitrogen and oxygen atoms in total. The van der Waals surface area contributed by atoms with Crippen LogP contribution in [0.4, 0.5) is 5.82 Å². The van der Waals surface area contributed by atoms with E-state index in [2.05, 4.69) is 5.10 Å². The molecular formula is C10H18N4O3S. The smallest absolute Gasteiger partial charge is 0.248 e. The fourth-order valence-corrected chi connectivity index (χ4v) is 4.34. The summed E-state index contributed by atoms with van der Waals surface area (Å²) in [5, 5.41) is 13.2. The molecule has 0 unspecified atom stereocenters. The first-order chi connectivity index (χ1) is 8.39. The van der Waals surface area contributed by atoms with Gasteiger partial charge in [0, 0.05) is 19.6 Å². The van der Waals surface area contributed by atoms with E-state index in [9.17, 15) is 13.5 Å². The molecule has 1 aromatic heterocycles. The number of nitrogen functional groups attached to an aromatic ring is 1. The molecule has 0 bridgehead atoms. The molecule has 0 aliphatic carbocycles.